The Morgan fingerprint density at radius 2 is 1.73 bits per heavy atom. The van der Waals surface area contributed by atoms with Crippen LogP contribution in [0.4, 0.5) is 4.79 Å². The van der Waals surface area contributed by atoms with E-state index < -0.39 is 17.7 Å². The normalized spacial score (nSPS) is 19.9. The minimum Gasteiger partial charge on any atom is -0.444 e. The highest BCUT2D eigenvalue weighted by atomic mass is 16.6. The van der Waals surface area contributed by atoms with Crippen LogP contribution in [0.15, 0.2) is 16.3 Å². The number of carbonyl (C=O) groups is 2. The van der Waals surface area contributed by atoms with Crippen molar-refractivity contribution in [3.05, 3.63) is 17.7 Å². The van der Waals surface area contributed by atoms with E-state index in [1.54, 1.807) is 27.7 Å². The van der Waals surface area contributed by atoms with Gasteiger partial charge in [-0.3, -0.25) is 9.79 Å². The van der Waals surface area contributed by atoms with Crippen LogP contribution in [0.3, 0.4) is 0 Å². The third-order valence-electron chi connectivity index (χ3n) is 2.92. The van der Waals surface area contributed by atoms with E-state index in [0.29, 0.717) is 17.0 Å². The van der Waals surface area contributed by atoms with Gasteiger partial charge in [-0.2, -0.15) is 0 Å². The number of alkyl carbamates (subject to hydrolysis) is 1. The van der Waals surface area contributed by atoms with E-state index in [2.05, 4.69) is 10.3 Å². The number of allylic oxidation sites excluding steroid dienone is 1. The molecule has 0 fully saturated rings. The first kappa shape index (κ1) is 18.4. The molecule has 0 saturated carbocycles. The highest BCUT2D eigenvalue weighted by molar-refractivity contribution is 6.19. The first-order valence-corrected chi connectivity index (χ1v) is 7.46. The lowest BCUT2D eigenvalue weighted by Gasteiger charge is -2.28. The zero-order valence-electron chi connectivity index (χ0n) is 14.8. The van der Waals surface area contributed by atoms with Crippen LogP contribution < -0.4 is 5.32 Å². The van der Waals surface area contributed by atoms with E-state index >= 15 is 0 Å². The molecule has 1 heterocycles. The molecule has 0 aliphatic carbocycles. The summed E-state index contributed by atoms with van der Waals surface area (Å²) in [6.07, 6.45) is 1.28. The van der Waals surface area contributed by atoms with Gasteiger partial charge in [0, 0.05) is 23.4 Å². The third-order valence-corrected chi connectivity index (χ3v) is 2.92. The van der Waals surface area contributed by atoms with Gasteiger partial charge in [-0.25, -0.2) is 4.79 Å². The fourth-order valence-corrected chi connectivity index (χ4v) is 2.12. The molecule has 1 aliphatic rings. The molecular formula is C17H27N2O3. The van der Waals surface area contributed by atoms with E-state index in [4.69, 9.17) is 4.74 Å². The zero-order valence-corrected chi connectivity index (χ0v) is 14.8. The highest BCUT2D eigenvalue weighted by Crippen LogP contribution is 2.28. The lowest BCUT2D eigenvalue weighted by molar-refractivity contribution is -0.116. The van der Waals surface area contributed by atoms with E-state index in [9.17, 15) is 9.59 Å². The number of carbonyl (C=O) groups excluding carboxylic acids is 2. The molecule has 0 bridgehead atoms. The zero-order chi connectivity index (χ0) is 17.3. The Bertz CT molecular complexity index is 531. The van der Waals surface area contributed by atoms with Crippen molar-refractivity contribution in [1.29, 1.82) is 0 Å². The van der Waals surface area contributed by atoms with Crippen LogP contribution in [0.2, 0.25) is 0 Å². The number of aliphatic imine (C=N–C) groups is 1. The van der Waals surface area contributed by atoms with E-state index in [0.717, 1.165) is 0 Å². The maximum atomic E-state index is 12.7. The monoisotopic (exact) mass is 307 g/mol. The molecule has 1 amide bonds. The average molecular weight is 307 g/mol. The van der Waals surface area contributed by atoms with Crippen LogP contribution >= 0.6 is 0 Å². The Morgan fingerprint density at radius 1 is 1.18 bits per heavy atom. The summed E-state index contributed by atoms with van der Waals surface area (Å²) in [5.74, 6) is -0.147. The van der Waals surface area contributed by atoms with Crippen LogP contribution in [0.5, 0.6) is 0 Å². The Balaban J connectivity index is 2.94. The summed E-state index contributed by atoms with van der Waals surface area (Å²) in [5.41, 5.74) is 1.04. The fourth-order valence-electron chi connectivity index (χ4n) is 2.12. The molecule has 0 saturated heterocycles. The summed E-state index contributed by atoms with van der Waals surface area (Å²) in [6, 6.07) is -0.771. The number of ether oxygens (including phenoxy) is 1. The maximum absolute atomic E-state index is 12.7. The van der Waals surface area contributed by atoms with Gasteiger partial charge >= 0.3 is 6.09 Å². The van der Waals surface area contributed by atoms with Gasteiger partial charge in [0.2, 0.25) is 0 Å². The van der Waals surface area contributed by atoms with E-state index in [1.807, 2.05) is 34.1 Å². The molecule has 0 spiro atoms. The van der Waals surface area contributed by atoms with Gasteiger partial charge in [-0.1, -0.05) is 20.8 Å². The number of hydrogen-bond donors (Lipinski definition) is 1. The highest BCUT2D eigenvalue weighted by Gasteiger charge is 2.34. The minimum absolute atomic E-state index is 0.147. The van der Waals surface area contributed by atoms with Gasteiger partial charge in [0.1, 0.15) is 11.6 Å². The molecule has 123 valence electrons. The maximum Gasteiger partial charge on any atom is 0.408 e. The van der Waals surface area contributed by atoms with Gasteiger partial charge in [0.15, 0.2) is 5.78 Å². The smallest absolute Gasteiger partial charge is 0.408 e. The molecule has 1 atom stereocenters. The van der Waals surface area contributed by atoms with Gasteiger partial charge in [-0.15, -0.1) is 0 Å². The third kappa shape index (κ3) is 5.28. The second-order valence-electron chi connectivity index (χ2n) is 7.71. The van der Waals surface area contributed by atoms with Crippen molar-refractivity contribution >= 4 is 17.6 Å². The molecule has 1 unspecified atom stereocenters. The first-order valence-electron chi connectivity index (χ1n) is 7.46. The molecule has 22 heavy (non-hydrogen) atoms. The molecule has 0 aromatic heterocycles. The van der Waals surface area contributed by atoms with Crippen molar-refractivity contribution in [2.75, 3.05) is 0 Å². The van der Waals surface area contributed by atoms with Crippen molar-refractivity contribution < 1.29 is 14.3 Å². The second kappa shape index (κ2) is 6.23. The number of nitrogens with zero attached hydrogens (tertiary/aromatic N) is 1. The predicted molar refractivity (Wildman–Crippen MR) is 87.7 cm³/mol. The molecule has 1 radical (unpaired) electrons. The lowest BCUT2D eigenvalue weighted by Crippen LogP contribution is -2.49. The SMILES string of the molecule is CC1=NC(C)=C([CH]C(C)(C)C)C(=O)C1NC(=O)OC(C)(C)C. The van der Waals surface area contributed by atoms with Crippen molar-refractivity contribution in [3.63, 3.8) is 0 Å². The minimum atomic E-state index is -0.771. The van der Waals surface area contributed by atoms with Crippen molar-refractivity contribution in [2.45, 2.75) is 67.0 Å². The summed E-state index contributed by atoms with van der Waals surface area (Å²) in [4.78, 5) is 29.0. The topological polar surface area (TPSA) is 67.8 Å². The lowest BCUT2D eigenvalue weighted by atomic mass is 9.82. The Kier molecular flexibility index (Phi) is 5.21. The summed E-state index contributed by atoms with van der Waals surface area (Å²) in [7, 11) is 0. The van der Waals surface area contributed by atoms with Crippen LogP contribution in [0.1, 0.15) is 55.4 Å². The number of Topliss-reactive ketones (excluding diaryl/α,β-unsaturated/α-hetero) is 1. The second-order valence-corrected chi connectivity index (χ2v) is 7.71. The number of amides is 1. The molecule has 5 nitrogen and oxygen atoms in total. The molecule has 1 aliphatic heterocycles. The van der Waals surface area contributed by atoms with E-state index in [1.165, 1.54) is 0 Å². The quantitative estimate of drug-likeness (QED) is 0.849. The standard InChI is InChI=1S/C17H27N2O3/c1-10-12(9-16(3,4)5)14(20)13(11(2)18-10)19-15(21)22-17(6,7)8/h9,13H,1-8H3,(H,19,21). The summed E-state index contributed by atoms with van der Waals surface area (Å²) in [5, 5.41) is 2.62. The Labute approximate surface area is 133 Å². The van der Waals surface area contributed by atoms with Gasteiger partial charge in [-0.05, 0) is 40.0 Å². The summed E-state index contributed by atoms with van der Waals surface area (Å²) >= 11 is 0. The van der Waals surface area contributed by atoms with Gasteiger partial charge in [0.05, 0.1) is 0 Å². The van der Waals surface area contributed by atoms with Crippen LogP contribution in [0, 0.1) is 11.8 Å². The van der Waals surface area contributed by atoms with Gasteiger partial charge in [0.25, 0.3) is 0 Å². The van der Waals surface area contributed by atoms with Crippen molar-refractivity contribution in [1.82, 2.24) is 5.32 Å². The number of nitrogens with one attached hydrogen (secondary N) is 1. The Morgan fingerprint density at radius 3 is 2.18 bits per heavy atom. The van der Waals surface area contributed by atoms with E-state index in [-0.39, 0.29) is 11.2 Å². The molecule has 0 aromatic rings. The molecule has 5 heteroatoms. The average Bonchev–Trinajstić information content (AvgIpc) is 2.26. The molecule has 1 rings (SSSR count). The number of ketones is 1. The number of hydrogen-bond acceptors (Lipinski definition) is 4. The van der Waals surface area contributed by atoms with Crippen LogP contribution in [0.25, 0.3) is 0 Å². The summed E-state index contributed by atoms with van der Waals surface area (Å²) in [6.45, 7) is 14.9. The first-order chi connectivity index (χ1) is 9.80. The van der Waals surface area contributed by atoms with Crippen molar-refractivity contribution in [2.24, 2.45) is 10.4 Å². The Hall–Kier alpha value is -1.65. The van der Waals surface area contributed by atoms with Crippen LogP contribution in [-0.2, 0) is 9.53 Å². The molecule has 0 aromatic carbocycles. The van der Waals surface area contributed by atoms with Crippen molar-refractivity contribution in [3.8, 4) is 0 Å². The largest absolute Gasteiger partial charge is 0.444 e. The molecule has 1 N–H and O–H groups in total. The van der Waals surface area contributed by atoms with Crippen LogP contribution in [-0.4, -0.2) is 29.2 Å². The predicted octanol–water partition coefficient (Wildman–Crippen LogP) is 3.45. The van der Waals surface area contributed by atoms with Gasteiger partial charge < -0.3 is 10.1 Å². The fraction of sp³-hybridized carbons (Fsp3) is 0.647. The molecular weight excluding hydrogens is 280 g/mol. The summed E-state index contributed by atoms with van der Waals surface area (Å²) < 4.78 is 5.22. The number of rotatable bonds is 2.